The Hall–Kier alpha value is -6.30. The van der Waals surface area contributed by atoms with Crippen LogP contribution in [0.3, 0.4) is 0 Å². The average Bonchev–Trinajstić information content (AvgIpc) is 3.17. The molecule has 0 amide bonds. The molecule has 5 heteroatoms. The second-order valence-electron chi connectivity index (χ2n) is 11.2. The van der Waals surface area contributed by atoms with Crippen molar-refractivity contribution < 1.29 is 14.2 Å². The molecule has 0 saturated carbocycles. The van der Waals surface area contributed by atoms with E-state index in [1.807, 2.05) is 91.0 Å². The van der Waals surface area contributed by atoms with Gasteiger partial charge in [0.1, 0.15) is 17.2 Å². The summed E-state index contributed by atoms with van der Waals surface area (Å²) in [7, 11) is 3.33. The zero-order chi connectivity index (χ0) is 34.4. The summed E-state index contributed by atoms with van der Waals surface area (Å²) in [6.07, 6.45) is 5.85. The van der Waals surface area contributed by atoms with Crippen molar-refractivity contribution in [2.45, 2.75) is 19.8 Å². The minimum Gasteiger partial charge on any atom is -0.497 e. The van der Waals surface area contributed by atoms with Gasteiger partial charge in [0, 0.05) is 0 Å². The monoisotopic (exact) mass is 642 g/mol. The summed E-state index contributed by atoms with van der Waals surface area (Å²) in [5.41, 5.74) is 8.47. The number of methoxy groups -OCH3 is 2. The molecule has 0 aliphatic rings. The molecule has 0 aliphatic carbocycles. The van der Waals surface area contributed by atoms with E-state index in [1.54, 1.807) is 14.2 Å². The standard InChI is InChI=1S/C44H38N2O3/c1-5-6-30-49-40-23-12-32(13-24-40)14-29-41(42(31-45)46-2)33-15-17-35(18-16-33)43(34-10-8-7-9-11-34)44(36-19-25-38(47-3)26-20-36)37-21-27-39(48-4)28-22-37/h7-29H,5-6,30H2,1,3-4H3/b29-14+,42-41-. The van der Waals surface area contributed by atoms with Crippen LogP contribution in [0.1, 0.15) is 53.1 Å². The van der Waals surface area contributed by atoms with E-state index in [-0.39, 0.29) is 5.70 Å². The predicted octanol–water partition coefficient (Wildman–Crippen LogP) is 10.8. The molecule has 0 aliphatic heterocycles. The lowest BCUT2D eigenvalue weighted by atomic mass is 9.85. The minimum absolute atomic E-state index is 0.0273. The molecule has 5 nitrogen and oxygen atoms in total. The molecule has 0 N–H and O–H groups in total. The molecule has 0 fully saturated rings. The fraction of sp³-hybridized carbons (Fsp3) is 0.136. The lowest BCUT2D eigenvalue weighted by Crippen LogP contribution is -1.98. The van der Waals surface area contributed by atoms with Gasteiger partial charge in [0.15, 0.2) is 0 Å². The number of benzene rings is 5. The second-order valence-corrected chi connectivity index (χ2v) is 11.2. The van der Waals surface area contributed by atoms with Crippen LogP contribution < -0.4 is 14.2 Å². The van der Waals surface area contributed by atoms with Gasteiger partial charge in [-0.05, 0) is 92.9 Å². The molecule has 5 aromatic carbocycles. The lowest BCUT2D eigenvalue weighted by Gasteiger charge is -2.19. The average molecular weight is 643 g/mol. The zero-order valence-electron chi connectivity index (χ0n) is 28.0. The van der Waals surface area contributed by atoms with Crippen LogP contribution in [0, 0.1) is 17.9 Å². The summed E-state index contributed by atoms with van der Waals surface area (Å²) in [5, 5.41) is 9.89. The smallest absolute Gasteiger partial charge is 0.269 e. The van der Waals surface area contributed by atoms with Gasteiger partial charge in [-0.3, -0.25) is 0 Å². The molecule has 0 atom stereocenters. The zero-order valence-corrected chi connectivity index (χ0v) is 28.0. The Morgan fingerprint density at radius 1 is 0.653 bits per heavy atom. The van der Waals surface area contributed by atoms with Crippen LogP contribution in [0.4, 0.5) is 0 Å². The first-order valence-electron chi connectivity index (χ1n) is 16.2. The summed E-state index contributed by atoms with van der Waals surface area (Å²) in [6, 6.07) is 44.4. The lowest BCUT2D eigenvalue weighted by molar-refractivity contribution is 0.309. The highest BCUT2D eigenvalue weighted by Crippen LogP contribution is 2.38. The predicted molar refractivity (Wildman–Crippen MR) is 199 cm³/mol. The maximum absolute atomic E-state index is 9.89. The van der Waals surface area contributed by atoms with E-state index in [2.05, 4.69) is 66.4 Å². The molecular weight excluding hydrogens is 604 g/mol. The number of ether oxygens (including phenoxy) is 3. The van der Waals surface area contributed by atoms with Gasteiger partial charge in [0.25, 0.3) is 5.70 Å². The number of hydrogen-bond acceptors (Lipinski definition) is 4. The number of allylic oxidation sites excluding steroid dienone is 3. The molecule has 5 rings (SSSR count). The number of unbranched alkanes of at least 4 members (excludes halogenated alkanes) is 1. The largest absolute Gasteiger partial charge is 0.497 e. The topological polar surface area (TPSA) is 55.8 Å². The Bertz CT molecular complexity index is 1940. The van der Waals surface area contributed by atoms with Gasteiger partial charge in [-0.25, -0.2) is 10.1 Å². The van der Waals surface area contributed by atoms with E-state index in [4.69, 9.17) is 20.8 Å². The van der Waals surface area contributed by atoms with Gasteiger partial charge >= 0.3 is 0 Å². The summed E-state index contributed by atoms with van der Waals surface area (Å²) in [6.45, 7) is 10.6. The summed E-state index contributed by atoms with van der Waals surface area (Å²) in [4.78, 5) is 3.56. The molecular formula is C44H38N2O3. The van der Waals surface area contributed by atoms with E-state index in [9.17, 15) is 5.26 Å². The first-order chi connectivity index (χ1) is 24.1. The summed E-state index contributed by atoms with van der Waals surface area (Å²) in [5.74, 6) is 2.38. The van der Waals surface area contributed by atoms with Gasteiger partial charge in [0.05, 0.1) is 33.5 Å². The molecule has 0 aromatic heterocycles. The highest BCUT2D eigenvalue weighted by atomic mass is 16.5. The van der Waals surface area contributed by atoms with E-state index in [1.165, 1.54) is 0 Å². The van der Waals surface area contributed by atoms with Crippen LogP contribution in [0.15, 0.2) is 139 Å². The highest BCUT2D eigenvalue weighted by Gasteiger charge is 2.17. The maximum atomic E-state index is 9.89. The number of hydrogen-bond donors (Lipinski definition) is 0. The van der Waals surface area contributed by atoms with Crippen molar-refractivity contribution in [1.29, 1.82) is 5.26 Å². The van der Waals surface area contributed by atoms with E-state index in [0.717, 1.165) is 74.6 Å². The van der Waals surface area contributed by atoms with Crippen LogP contribution >= 0.6 is 0 Å². The fourth-order valence-corrected chi connectivity index (χ4v) is 5.49. The van der Waals surface area contributed by atoms with E-state index in [0.29, 0.717) is 12.2 Å². The Morgan fingerprint density at radius 3 is 1.59 bits per heavy atom. The van der Waals surface area contributed by atoms with Crippen molar-refractivity contribution in [3.05, 3.63) is 184 Å². The molecule has 0 radical (unpaired) electrons. The number of nitriles is 1. The van der Waals surface area contributed by atoms with Crippen molar-refractivity contribution in [2.24, 2.45) is 0 Å². The maximum Gasteiger partial charge on any atom is 0.269 e. The van der Waals surface area contributed by atoms with Crippen LogP contribution in [-0.4, -0.2) is 20.8 Å². The summed E-state index contributed by atoms with van der Waals surface area (Å²) >= 11 is 0. The molecule has 0 unspecified atom stereocenters. The van der Waals surface area contributed by atoms with Crippen molar-refractivity contribution in [3.8, 4) is 23.3 Å². The second kappa shape index (κ2) is 17.0. The third kappa shape index (κ3) is 8.55. The minimum atomic E-state index is 0.0273. The number of rotatable bonds is 13. The van der Waals surface area contributed by atoms with Crippen molar-refractivity contribution in [3.63, 3.8) is 0 Å². The molecule has 0 heterocycles. The Morgan fingerprint density at radius 2 is 1.12 bits per heavy atom. The fourth-order valence-electron chi connectivity index (χ4n) is 5.49. The quantitative estimate of drug-likeness (QED) is 0.0422. The van der Waals surface area contributed by atoms with Crippen molar-refractivity contribution in [2.75, 3.05) is 20.8 Å². The molecule has 5 aromatic rings. The highest BCUT2D eigenvalue weighted by molar-refractivity contribution is 6.04. The first kappa shape index (κ1) is 34.0. The molecule has 242 valence electrons. The van der Waals surface area contributed by atoms with Gasteiger partial charge < -0.3 is 14.2 Å². The van der Waals surface area contributed by atoms with E-state index >= 15 is 0 Å². The number of nitrogens with zero attached hydrogens (tertiary/aromatic N) is 2. The van der Waals surface area contributed by atoms with Gasteiger partial charge in [-0.15, -0.1) is 0 Å². The van der Waals surface area contributed by atoms with Crippen molar-refractivity contribution in [1.82, 2.24) is 0 Å². The SMILES string of the molecule is [C-]#[N+]/C(C#N)=C(/C=C/c1ccc(OCCCC)cc1)c1ccc(C(=C(c2ccc(OC)cc2)c2ccc(OC)cc2)c2ccccc2)cc1. The van der Waals surface area contributed by atoms with Crippen LogP contribution in [-0.2, 0) is 0 Å². The van der Waals surface area contributed by atoms with E-state index < -0.39 is 0 Å². The third-order valence-electron chi connectivity index (χ3n) is 8.12. The molecule has 49 heavy (non-hydrogen) atoms. The Balaban J connectivity index is 1.61. The van der Waals surface area contributed by atoms with Gasteiger partial charge in [-0.1, -0.05) is 116 Å². The van der Waals surface area contributed by atoms with Crippen LogP contribution in [0.2, 0.25) is 0 Å². The van der Waals surface area contributed by atoms with Crippen LogP contribution in [0.5, 0.6) is 17.2 Å². The van der Waals surface area contributed by atoms with Gasteiger partial charge in [0.2, 0.25) is 0 Å². The van der Waals surface area contributed by atoms with Crippen molar-refractivity contribution >= 4 is 22.8 Å². The Labute approximate surface area is 289 Å². The third-order valence-corrected chi connectivity index (χ3v) is 8.12. The molecule has 0 bridgehead atoms. The van der Waals surface area contributed by atoms with Crippen LogP contribution in [0.25, 0.3) is 27.6 Å². The summed E-state index contributed by atoms with van der Waals surface area (Å²) < 4.78 is 16.7. The molecule has 0 spiro atoms. The normalized spacial score (nSPS) is 11.2. The first-order valence-corrected chi connectivity index (χ1v) is 16.2. The van der Waals surface area contributed by atoms with Gasteiger partial charge in [-0.2, -0.15) is 0 Å². The molecule has 0 saturated heterocycles. The Kier molecular flexibility index (Phi) is 11.8.